The van der Waals surface area contributed by atoms with Crippen LogP contribution in [0.2, 0.25) is 8.87 Å². The minimum atomic E-state index is -0.944. The second-order valence-electron chi connectivity index (χ2n) is 6.45. The summed E-state index contributed by atoms with van der Waals surface area (Å²) in [5.41, 5.74) is 0. The number of hydrogen-bond acceptors (Lipinski definition) is 4. The molecule has 2 amide bonds. The van der Waals surface area contributed by atoms with Gasteiger partial charge in [0.2, 0.25) is 11.8 Å². The third-order valence-corrected chi connectivity index (χ3v) is 8.04. The molecule has 9 heteroatoms. The maximum absolute atomic E-state index is 10.4. The SMILES string of the molecule is CCC[CH2][Sn][CH2]CCC.O=C1CCC(C(=O)O)N1.O=C1CCC(C(=O)O)N1. The molecule has 2 atom stereocenters. The first kappa shape index (κ1) is 25.7. The Hall–Kier alpha value is -1.32. The van der Waals surface area contributed by atoms with Crippen molar-refractivity contribution in [2.75, 3.05) is 0 Å². The third kappa shape index (κ3) is 13.5. The van der Waals surface area contributed by atoms with Gasteiger partial charge in [-0.3, -0.25) is 9.59 Å². The zero-order valence-corrected chi connectivity index (χ0v) is 19.1. The molecule has 154 valence electrons. The number of carboxylic acids is 2. The van der Waals surface area contributed by atoms with Gasteiger partial charge in [0, 0.05) is 12.8 Å². The summed E-state index contributed by atoms with van der Waals surface area (Å²) in [6.07, 6.45) is 7.38. The second kappa shape index (κ2) is 15.7. The van der Waals surface area contributed by atoms with Crippen molar-refractivity contribution in [1.29, 1.82) is 0 Å². The zero-order chi connectivity index (χ0) is 20.7. The Morgan fingerprint density at radius 1 is 0.889 bits per heavy atom. The van der Waals surface area contributed by atoms with E-state index in [1.807, 2.05) is 0 Å². The van der Waals surface area contributed by atoms with E-state index in [4.69, 9.17) is 10.2 Å². The van der Waals surface area contributed by atoms with Crippen molar-refractivity contribution in [3.8, 4) is 0 Å². The van der Waals surface area contributed by atoms with Gasteiger partial charge in [-0.1, -0.05) is 0 Å². The van der Waals surface area contributed by atoms with Crippen LogP contribution in [-0.4, -0.2) is 67.2 Å². The summed E-state index contributed by atoms with van der Waals surface area (Å²) in [7, 11) is 0. The van der Waals surface area contributed by atoms with Crippen molar-refractivity contribution in [2.24, 2.45) is 0 Å². The second-order valence-corrected chi connectivity index (χ2v) is 10.7. The normalized spacial score (nSPS) is 20.5. The molecule has 2 aliphatic heterocycles. The zero-order valence-electron chi connectivity index (χ0n) is 16.3. The molecule has 0 bridgehead atoms. The Morgan fingerprint density at radius 2 is 1.26 bits per heavy atom. The van der Waals surface area contributed by atoms with E-state index in [1.165, 1.54) is 25.7 Å². The first-order valence-corrected chi connectivity index (χ1v) is 13.6. The molecule has 0 spiro atoms. The number of carboxylic acid groups (broad SMARTS) is 2. The molecule has 0 aromatic rings. The predicted molar refractivity (Wildman–Crippen MR) is 103 cm³/mol. The quantitative estimate of drug-likeness (QED) is 0.303. The summed E-state index contributed by atoms with van der Waals surface area (Å²) < 4.78 is 3.25. The van der Waals surface area contributed by atoms with Crippen molar-refractivity contribution in [1.82, 2.24) is 10.6 Å². The molecule has 0 saturated carbocycles. The smallest absolute Gasteiger partial charge is 0.326 e. The number of nitrogens with one attached hydrogen (secondary N) is 2. The Labute approximate surface area is 171 Å². The molecule has 0 aromatic heterocycles. The van der Waals surface area contributed by atoms with Gasteiger partial charge in [-0.2, -0.15) is 0 Å². The molecule has 8 nitrogen and oxygen atoms in total. The van der Waals surface area contributed by atoms with Gasteiger partial charge in [-0.05, 0) is 12.8 Å². The van der Waals surface area contributed by atoms with Crippen LogP contribution >= 0.6 is 0 Å². The van der Waals surface area contributed by atoms with Crippen LogP contribution in [0.5, 0.6) is 0 Å². The molecule has 2 saturated heterocycles. The van der Waals surface area contributed by atoms with Crippen molar-refractivity contribution >= 4 is 44.9 Å². The Morgan fingerprint density at radius 3 is 1.44 bits per heavy atom. The summed E-state index contributed by atoms with van der Waals surface area (Å²) in [5, 5.41) is 21.3. The standard InChI is InChI=1S/2C5H7NO3.2C4H9.Sn/c2*7-4-2-1-3(6-4)5(8)9;2*1-3-4-2;/h2*3H,1-2H2,(H,6,7)(H,8,9);2*1,3-4H2,2H3;. The minimum Gasteiger partial charge on any atom is -0.480 e. The van der Waals surface area contributed by atoms with Crippen LogP contribution < -0.4 is 10.6 Å². The monoisotopic (exact) mass is 492 g/mol. The van der Waals surface area contributed by atoms with E-state index in [-0.39, 0.29) is 33.0 Å². The van der Waals surface area contributed by atoms with Crippen molar-refractivity contribution < 1.29 is 29.4 Å². The fraction of sp³-hybridized carbons (Fsp3) is 0.778. The molecule has 0 aliphatic carbocycles. The van der Waals surface area contributed by atoms with E-state index in [9.17, 15) is 19.2 Å². The van der Waals surface area contributed by atoms with E-state index >= 15 is 0 Å². The molecule has 2 heterocycles. The van der Waals surface area contributed by atoms with E-state index in [2.05, 4.69) is 24.5 Å². The first-order valence-electron chi connectivity index (χ1n) is 9.56. The van der Waals surface area contributed by atoms with Crippen LogP contribution in [0.4, 0.5) is 0 Å². The fourth-order valence-corrected chi connectivity index (χ4v) is 6.49. The first-order chi connectivity index (χ1) is 12.8. The Kier molecular flexibility index (Phi) is 14.9. The molecular weight excluding hydrogens is 459 g/mol. The molecule has 2 unspecified atom stereocenters. The molecule has 27 heavy (non-hydrogen) atoms. The molecule has 0 aromatic carbocycles. The van der Waals surface area contributed by atoms with E-state index < -0.39 is 24.0 Å². The van der Waals surface area contributed by atoms with Gasteiger partial charge in [-0.25, -0.2) is 9.59 Å². The van der Waals surface area contributed by atoms with Gasteiger partial charge >= 0.3 is 81.5 Å². The third-order valence-electron chi connectivity index (χ3n) is 4.00. The van der Waals surface area contributed by atoms with Gasteiger partial charge in [0.1, 0.15) is 12.1 Å². The summed E-state index contributed by atoms with van der Waals surface area (Å²) in [6.45, 7) is 4.58. The van der Waals surface area contributed by atoms with Crippen LogP contribution in [0.15, 0.2) is 0 Å². The number of carbonyl (C=O) groups is 4. The topological polar surface area (TPSA) is 133 Å². The number of amides is 2. The van der Waals surface area contributed by atoms with Crippen LogP contribution in [0.25, 0.3) is 0 Å². The largest absolute Gasteiger partial charge is 0.480 e. The van der Waals surface area contributed by atoms with Crippen molar-refractivity contribution in [2.45, 2.75) is 86.2 Å². The van der Waals surface area contributed by atoms with E-state index in [0.29, 0.717) is 25.7 Å². The summed E-state index contributed by atoms with van der Waals surface area (Å²) >= 11 is 0.149. The molecule has 2 fully saturated rings. The maximum Gasteiger partial charge on any atom is 0.326 e. The van der Waals surface area contributed by atoms with Crippen molar-refractivity contribution in [3.05, 3.63) is 0 Å². The number of rotatable bonds is 8. The number of aliphatic carboxylic acids is 2. The van der Waals surface area contributed by atoms with E-state index in [1.54, 1.807) is 8.87 Å². The molecule has 2 aliphatic rings. The van der Waals surface area contributed by atoms with Crippen LogP contribution in [0.3, 0.4) is 0 Å². The average Bonchev–Trinajstić information content (AvgIpc) is 3.25. The van der Waals surface area contributed by atoms with E-state index in [0.717, 1.165) is 0 Å². The van der Waals surface area contributed by atoms with Gasteiger partial charge in [0.25, 0.3) is 0 Å². The van der Waals surface area contributed by atoms with Gasteiger partial charge in [0.15, 0.2) is 0 Å². The number of hydrogen-bond donors (Lipinski definition) is 4. The van der Waals surface area contributed by atoms with Gasteiger partial charge in [-0.15, -0.1) is 0 Å². The van der Waals surface area contributed by atoms with Crippen LogP contribution in [-0.2, 0) is 19.2 Å². The summed E-state index contributed by atoms with van der Waals surface area (Å²) in [5.74, 6) is -2.22. The summed E-state index contributed by atoms with van der Waals surface area (Å²) in [4.78, 5) is 41.0. The Bertz CT molecular complexity index is 444. The fourth-order valence-electron chi connectivity index (χ4n) is 2.33. The number of carbonyl (C=O) groups excluding carboxylic acids is 2. The molecule has 2 rings (SSSR count). The minimum absolute atomic E-state index is 0.149. The molecule has 2 radical (unpaired) electrons. The summed E-state index contributed by atoms with van der Waals surface area (Å²) in [6, 6.07) is -1.28. The molecule has 4 N–H and O–H groups in total. The predicted octanol–water partition coefficient (Wildman–Crippen LogP) is 1.83. The van der Waals surface area contributed by atoms with Gasteiger partial charge in [0.05, 0.1) is 0 Å². The Balaban J connectivity index is 0.000000376. The van der Waals surface area contributed by atoms with Crippen molar-refractivity contribution in [3.63, 3.8) is 0 Å². The number of unbranched alkanes of at least 4 members (excludes halogenated alkanes) is 2. The average molecular weight is 491 g/mol. The van der Waals surface area contributed by atoms with Crippen LogP contribution in [0.1, 0.15) is 65.2 Å². The van der Waals surface area contributed by atoms with Gasteiger partial charge < -0.3 is 20.8 Å². The van der Waals surface area contributed by atoms with Crippen LogP contribution in [0, 0.1) is 0 Å². The maximum atomic E-state index is 10.4. The molecular formula is C18H32N2O6Sn.